The Kier molecular flexibility index (Phi) is 5.15. The van der Waals surface area contributed by atoms with Crippen LogP contribution in [0.5, 0.6) is 11.5 Å². The molecule has 170 valence electrons. The minimum Gasteiger partial charge on any atom is -0.486 e. The fourth-order valence-electron chi connectivity index (χ4n) is 5.12. The molecule has 0 saturated heterocycles. The van der Waals surface area contributed by atoms with Crippen LogP contribution in [0.25, 0.3) is 21.8 Å². The maximum absolute atomic E-state index is 14.0. The molecule has 6 rings (SSSR count). The van der Waals surface area contributed by atoms with E-state index in [2.05, 4.69) is 15.3 Å². The number of nitrogens with zero attached hydrogens (tertiary/aromatic N) is 1. The van der Waals surface area contributed by atoms with E-state index in [1.165, 1.54) is 11.8 Å². The van der Waals surface area contributed by atoms with Crippen LogP contribution in [0.4, 0.5) is 4.39 Å². The van der Waals surface area contributed by atoms with E-state index in [1.54, 1.807) is 6.07 Å². The summed E-state index contributed by atoms with van der Waals surface area (Å²) in [6.07, 6.45) is 2.84. The summed E-state index contributed by atoms with van der Waals surface area (Å²) in [5.41, 5.74) is 5.16. The summed E-state index contributed by atoms with van der Waals surface area (Å²) >= 11 is 6.30. The van der Waals surface area contributed by atoms with Crippen LogP contribution in [0.1, 0.15) is 23.4 Å². The largest absolute Gasteiger partial charge is 0.486 e. The number of hydrogen-bond donors (Lipinski definition) is 2. The number of benzene rings is 2. The minimum absolute atomic E-state index is 0.0693. The average molecular weight is 466 g/mol. The minimum atomic E-state index is -0.362. The van der Waals surface area contributed by atoms with Gasteiger partial charge in [-0.05, 0) is 80.6 Å². The average Bonchev–Trinajstić information content (AvgIpc) is 3.19. The molecular formula is C26H25ClFN3O2. The number of aromatic amines is 1. The number of aryl methyl sites for hydroxylation is 2. The van der Waals surface area contributed by atoms with Crippen LogP contribution in [0.3, 0.4) is 0 Å². The lowest BCUT2D eigenvalue weighted by Crippen LogP contribution is -2.40. The third kappa shape index (κ3) is 3.71. The smallest absolute Gasteiger partial charge is 0.171 e. The van der Waals surface area contributed by atoms with Crippen molar-refractivity contribution in [3.8, 4) is 11.5 Å². The van der Waals surface area contributed by atoms with Crippen LogP contribution in [-0.4, -0.2) is 35.8 Å². The number of pyridine rings is 1. The Balaban J connectivity index is 1.12. The van der Waals surface area contributed by atoms with Crippen molar-refractivity contribution in [1.29, 1.82) is 0 Å². The van der Waals surface area contributed by atoms with Gasteiger partial charge in [-0.3, -0.25) is 4.98 Å². The first kappa shape index (κ1) is 20.8. The summed E-state index contributed by atoms with van der Waals surface area (Å²) in [6, 6.07) is 11.2. The van der Waals surface area contributed by atoms with Gasteiger partial charge in [0.1, 0.15) is 18.5 Å². The van der Waals surface area contributed by atoms with Gasteiger partial charge in [-0.1, -0.05) is 11.6 Å². The summed E-state index contributed by atoms with van der Waals surface area (Å²) in [4.78, 5) is 8.02. The monoisotopic (exact) mass is 465 g/mol. The maximum Gasteiger partial charge on any atom is 0.171 e. The molecular weight excluding hydrogens is 441 g/mol. The first-order valence-electron chi connectivity index (χ1n) is 11.4. The quantitative estimate of drug-likeness (QED) is 0.426. The second kappa shape index (κ2) is 8.19. The Morgan fingerprint density at radius 3 is 3.00 bits per heavy atom. The maximum atomic E-state index is 14.0. The van der Waals surface area contributed by atoms with Crippen molar-refractivity contribution < 1.29 is 13.9 Å². The molecule has 5 nitrogen and oxygen atoms in total. The van der Waals surface area contributed by atoms with E-state index in [4.69, 9.17) is 21.1 Å². The van der Waals surface area contributed by atoms with Crippen LogP contribution in [-0.2, 0) is 12.8 Å². The van der Waals surface area contributed by atoms with E-state index in [0.717, 1.165) is 70.4 Å². The molecule has 0 saturated carbocycles. The number of rotatable bonds is 4. The molecule has 0 radical (unpaired) electrons. The fraction of sp³-hybridized carbons (Fsp3) is 0.346. The van der Waals surface area contributed by atoms with Crippen molar-refractivity contribution >= 4 is 33.4 Å². The van der Waals surface area contributed by atoms with E-state index in [9.17, 15) is 4.39 Å². The third-order valence-electron chi connectivity index (χ3n) is 6.78. The van der Waals surface area contributed by atoms with Crippen molar-refractivity contribution in [3.05, 3.63) is 64.2 Å². The molecule has 0 spiro atoms. The molecule has 0 fully saturated rings. The number of fused-ring (bicyclic) bond motifs is 6. The molecule has 2 aliphatic rings. The highest BCUT2D eigenvalue weighted by Crippen LogP contribution is 2.39. The Bertz CT molecular complexity index is 1370. The van der Waals surface area contributed by atoms with E-state index in [0.29, 0.717) is 19.1 Å². The van der Waals surface area contributed by atoms with Gasteiger partial charge in [0.05, 0.1) is 10.5 Å². The van der Waals surface area contributed by atoms with Gasteiger partial charge in [0, 0.05) is 34.2 Å². The van der Waals surface area contributed by atoms with E-state index >= 15 is 0 Å². The van der Waals surface area contributed by atoms with Gasteiger partial charge < -0.3 is 19.8 Å². The SMILES string of the molecule is Cc1ccc2c3c(ccc2n1)OCC(CNCC1CCc2[nH]c4ccc(F)c(Cl)c4c2C1)O3. The lowest BCUT2D eigenvalue weighted by atomic mass is 9.86. The summed E-state index contributed by atoms with van der Waals surface area (Å²) in [6.45, 7) is 4.05. The number of nitrogens with one attached hydrogen (secondary N) is 2. The van der Waals surface area contributed by atoms with Crippen molar-refractivity contribution in [3.63, 3.8) is 0 Å². The van der Waals surface area contributed by atoms with Crippen molar-refractivity contribution in [2.24, 2.45) is 5.92 Å². The lowest BCUT2D eigenvalue weighted by molar-refractivity contribution is 0.0915. The topological polar surface area (TPSA) is 59.2 Å². The van der Waals surface area contributed by atoms with Gasteiger partial charge in [-0.15, -0.1) is 0 Å². The van der Waals surface area contributed by atoms with Crippen molar-refractivity contribution in [1.82, 2.24) is 15.3 Å². The Morgan fingerprint density at radius 2 is 2.09 bits per heavy atom. The predicted molar refractivity (Wildman–Crippen MR) is 128 cm³/mol. The lowest BCUT2D eigenvalue weighted by Gasteiger charge is -2.29. The van der Waals surface area contributed by atoms with Gasteiger partial charge in [-0.25, -0.2) is 4.39 Å². The number of hydrogen-bond acceptors (Lipinski definition) is 4. The zero-order valence-corrected chi connectivity index (χ0v) is 19.1. The highest BCUT2D eigenvalue weighted by molar-refractivity contribution is 6.36. The van der Waals surface area contributed by atoms with Crippen molar-refractivity contribution in [2.75, 3.05) is 19.7 Å². The second-order valence-corrected chi connectivity index (χ2v) is 9.47. The Morgan fingerprint density at radius 1 is 1.18 bits per heavy atom. The normalized spacial score (nSPS) is 19.7. The Hall–Kier alpha value is -2.83. The first-order valence-corrected chi connectivity index (χ1v) is 11.8. The standard InChI is InChI=1S/C26H25ClFN3O2/c1-14-2-4-17-20(30-14)8-9-23-26(17)33-16(13-32-23)12-29-11-15-3-6-21-18(10-15)24-22(31-21)7-5-19(28)25(24)27/h2,4-5,7-9,15-16,29,31H,3,6,10-13H2,1H3. The molecule has 3 heterocycles. The van der Waals surface area contributed by atoms with Gasteiger partial charge in [0.15, 0.2) is 11.5 Å². The summed E-state index contributed by atoms with van der Waals surface area (Å²) in [5.74, 6) is 1.64. The molecule has 1 aliphatic heterocycles. The van der Waals surface area contributed by atoms with E-state index < -0.39 is 0 Å². The van der Waals surface area contributed by atoms with Crippen LogP contribution >= 0.6 is 11.6 Å². The molecule has 2 unspecified atom stereocenters. The highest BCUT2D eigenvalue weighted by atomic mass is 35.5. The highest BCUT2D eigenvalue weighted by Gasteiger charge is 2.26. The first-order chi connectivity index (χ1) is 16.1. The molecule has 2 N–H and O–H groups in total. The van der Waals surface area contributed by atoms with Crippen LogP contribution in [0.15, 0.2) is 36.4 Å². The van der Waals surface area contributed by atoms with Crippen LogP contribution < -0.4 is 14.8 Å². The summed E-state index contributed by atoms with van der Waals surface area (Å²) in [5, 5.41) is 5.61. The third-order valence-corrected chi connectivity index (χ3v) is 7.15. The Labute approximate surface area is 196 Å². The van der Waals surface area contributed by atoms with E-state index in [1.807, 2.05) is 31.2 Å². The van der Waals surface area contributed by atoms with Gasteiger partial charge in [-0.2, -0.15) is 0 Å². The van der Waals surface area contributed by atoms with Gasteiger partial charge in [0.2, 0.25) is 0 Å². The number of H-pyrrole nitrogens is 1. The fourth-order valence-corrected chi connectivity index (χ4v) is 5.40. The number of halogens is 2. The van der Waals surface area contributed by atoms with Crippen molar-refractivity contribution in [2.45, 2.75) is 32.3 Å². The zero-order chi connectivity index (χ0) is 22.5. The van der Waals surface area contributed by atoms with Crippen LogP contribution in [0, 0.1) is 18.7 Å². The molecule has 2 aromatic heterocycles. The van der Waals surface area contributed by atoms with Crippen LogP contribution in [0.2, 0.25) is 5.02 Å². The molecule has 1 aliphatic carbocycles. The molecule has 7 heteroatoms. The number of ether oxygens (including phenoxy) is 2. The van der Waals surface area contributed by atoms with Gasteiger partial charge >= 0.3 is 0 Å². The molecule has 0 amide bonds. The molecule has 33 heavy (non-hydrogen) atoms. The molecule has 4 aromatic rings. The summed E-state index contributed by atoms with van der Waals surface area (Å²) in [7, 11) is 0. The molecule has 2 aromatic carbocycles. The molecule has 0 bridgehead atoms. The zero-order valence-electron chi connectivity index (χ0n) is 18.4. The van der Waals surface area contributed by atoms with E-state index in [-0.39, 0.29) is 16.9 Å². The predicted octanol–water partition coefficient (Wildman–Crippen LogP) is 5.35. The summed E-state index contributed by atoms with van der Waals surface area (Å²) < 4.78 is 26.3. The van der Waals surface area contributed by atoms with Gasteiger partial charge in [0.25, 0.3) is 0 Å². The number of aromatic nitrogens is 2. The molecule has 2 atom stereocenters. The second-order valence-electron chi connectivity index (χ2n) is 9.10.